The summed E-state index contributed by atoms with van der Waals surface area (Å²) in [4.78, 5) is 19.4. The standard InChI is InChI=1S/C20H24N2O3/c1-24-14-20-8-3-11-25-18(20)7-10-22(13-20)19(23)16-5-6-17-15(12-16)4-2-9-21-17/h2,4-6,9,12,18H,3,7-8,10-11,13-14H2,1H3/t18-,20-/m0/s1. The normalized spacial score (nSPS) is 26.4. The number of piperidine rings is 1. The zero-order chi connectivity index (χ0) is 17.3. The summed E-state index contributed by atoms with van der Waals surface area (Å²) >= 11 is 0. The van der Waals surface area contributed by atoms with Gasteiger partial charge < -0.3 is 14.4 Å². The molecular weight excluding hydrogens is 316 g/mol. The van der Waals surface area contributed by atoms with Gasteiger partial charge >= 0.3 is 0 Å². The van der Waals surface area contributed by atoms with Gasteiger partial charge in [-0.15, -0.1) is 0 Å². The Morgan fingerprint density at radius 3 is 3.24 bits per heavy atom. The summed E-state index contributed by atoms with van der Waals surface area (Å²) in [5.41, 5.74) is 1.57. The van der Waals surface area contributed by atoms with Crippen LogP contribution in [0.2, 0.25) is 0 Å². The molecule has 2 atom stereocenters. The number of amides is 1. The van der Waals surface area contributed by atoms with Gasteiger partial charge in [-0.05, 0) is 43.5 Å². The van der Waals surface area contributed by atoms with Crippen LogP contribution in [0.15, 0.2) is 36.5 Å². The first-order chi connectivity index (χ1) is 12.2. The van der Waals surface area contributed by atoms with Gasteiger partial charge in [0.2, 0.25) is 0 Å². The van der Waals surface area contributed by atoms with Gasteiger partial charge in [-0.2, -0.15) is 0 Å². The average Bonchev–Trinajstić information content (AvgIpc) is 2.66. The van der Waals surface area contributed by atoms with Gasteiger partial charge in [0.1, 0.15) is 0 Å². The number of carbonyl (C=O) groups excluding carboxylic acids is 1. The molecule has 1 aromatic heterocycles. The van der Waals surface area contributed by atoms with Crippen molar-refractivity contribution in [1.29, 1.82) is 0 Å². The Morgan fingerprint density at radius 1 is 1.44 bits per heavy atom. The number of nitrogens with zero attached hydrogens (tertiary/aromatic N) is 2. The molecule has 0 saturated carbocycles. The maximum atomic E-state index is 13.1. The molecule has 2 aromatic rings. The van der Waals surface area contributed by atoms with E-state index in [1.807, 2.05) is 35.2 Å². The van der Waals surface area contributed by atoms with E-state index >= 15 is 0 Å². The topological polar surface area (TPSA) is 51.7 Å². The minimum absolute atomic E-state index is 0.0701. The summed E-state index contributed by atoms with van der Waals surface area (Å²) in [6.45, 7) is 2.90. The Labute approximate surface area is 147 Å². The van der Waals surface area contributed by atoms with E-state index in [0.717, 1.165) is 48.9 Å². The lowest BCUT2D eigenvalue weighted by molar-refractivity contribution is -0.142. The molecule has 132 valence electrons. The maximum absolute atomic E-state index is 13.1. The van der Waals surface area contributed by atoms with Crippen LogP contribution in [0.3, 0.4) is 0 Å². The van der Waals surface area contributed by atoms with Crippen LogP contribution in [-0.4, -0.2) is 55.3 Å². The number of rotatable bonds is 3. The average molecular weight is 340 g/mol. The largest absolute Gasteiger partial charge is 0.384 e. The number of ether oxygens (including phenoxy) is 2. The van der Waals surface area contributed by atoms with Crippen molar-refractivity contribution < 1.29 is 14.3 Å². The van der Waals surface area contributed by atoms with Gasteiger partial charge in [-0.25, -0.2) is 0 Å². The van der Waals surface area contributed by atoms with Crippen LogP contribution in [0.4, 0.5) is 0 Å². The van der Waals surface area contributed by atoms with Crippen molar-refractivity contribution in [1.82, 2.24) is 9.88 Å². The molecule has 25 heavy (non-hydrogen) atoms. The highest BCUT2D eigenvalue weighted by molar-refractivity contribution is 5.98. The highest BCUT2D eigenvalue weighted by Gasteiger charge is 2.47. The first kappa shape index (κ1) is 16.5. The molecule has 0 radical (unpaired) electrons. The summed E-state index contributed by atoms with van der Waals surface area (Å²) < 4.78 is 11.5. The zero-order valence-electron chi connectivity index (χ0n) is 14.6. The second kappa shape index (κ2) is 6.73. The molecule has 2 fully saturated rings. The van der Waals surface area contributed by atoms with Crippen molar-refractivity contribution in [3.63, 3.8) is 0 Å². The van der Waals surface area contributed by atoms with Crippen molar-refractivity contribution >= 4 is 16.8 Å². The number of likely N-dealkylation sites (tertiary alicyclic amines) is 1. The summed E-state index contributed by atoms with van der Waals surface area (Å²) in [6.07, 6.45) is 4.93. The van der Waals surface area contributed by atoms with E-state index in [1.54, 1.807) is 13.3 Å². The molecule has 2 aliphatic rings. The summed E-state index contributed by atoms with van der Waals surface area (Å²) in [7, 11) is 1.73. The number of hydrogen-bond acceptors (Lipinski definition) is 4. The van der Waals surface area contributed by atoms with E-state index in [2.05, 4.69) is 4.98 Å². The van der Waals surface area contributed by atoms with E-state index in [1.165, 1.54) is 0 Å². The van der Waals surface area contributed by atoms with Crippen LogP contribution in [0.1, 0.15) is 29.6 Å². The van der Waals surface area contributed by atoms with Crippen LogP contribution in [0.25, 0.3) is 10.9 Å². The highest BCUT2D eigenvalue weighted by Crippen LogP contribution is 2.40. The van der Waals surface area contributed by atoms with Crippen molar-refractivity contribution in [3.05, 3.63) is 42.1 Å². The number of fused-ring (bicyclic) bond motifs is 2. The third kappa shape index (κ3) is 3.02. The monoisotopic (exact) mass is 340 g/mol. The molecule has 5 nitrogen and oxygen atoms in total. The van der Waals surface area contributed by atoms with Gasteiger partial charge in [0, 0.05) is 49.4 Å². The second-order valence-electron chi connectivity index (χ2n) is 7.18. The Morgan fingerprint density at radius 2 is 2.36 bits per heavy atom. The van der Waals surface area contributed by atoms with Gasteiger partial charge in [0.15, 0.2) is 0 Å². The third-order valence-electron chi connectivity index (χ3n) is 5.56. The second-order valence-corrected chi connectivity index (χ2v) is 7.18. The molecule has 4 rings (SSSR count). The molecule has 1 aromatic carbocycles. The lowest BCUT2D eigenvalue weighted by atomic mass is 9.73. The summed E-state index contributed by atoms with van der Waals surface area (Å²) in [5, 5.41) is 0.996. The van der Waals surface area contributed by atoms with Gasteiger partial charge in [0.25, 0.3) is 5.91 Å². The lowest BCUT2D eigenvalue weighted by Crippen LogP contribution is -2.58. The number of pyridine rings is 1. The molecule has 0 unspecified atom stereocenters. The molecule has 5 heteroatoms. The Balaban J connectivity index is 1.58. The Hall–Kier alpha value is -1.98. The van der Waals surface area contributed by atoms with Crippen molar-refractivity contribution in [2.75, 3.05) is 33.4 Å². The number of carbonyl (C=O) groups is 1. The summed E-state index contributed by atoms with van der Waals surface area (Å²) in [5.74, 6) is 0.0882. The molecule has 2 aliphatic heterocycles. The molecule has 0 bridgehead atoms. The maximum Gasteiger partial charge on any atom is 0.253 e. The number of benzene rings is 1. The van der Waals surface area contributed by atoms with Crippen LogP contribution in [0.5, 0.6) is 0 Å². The molecule has 0 N–H and O–H groups in total. The highest BCUT2D eigenvalue weighted by atomic mass is 16.5. The minimum Gasteiger partial charge on any atom is -0.384 e. The molecule has 3 heterocycles. The number of aromatic nitrogens is 1. The molecule has 2 saturated heterocycles. The van der Waals surface area contributed by atoms with Crippen LogP contribution in [0, 0.1) is 5.41 Å². The van der Waals surface area contributed by atoms with Crippen LogP contribution in [-0.2, 0) is 9.47 Å². The van der Waals surface area contributed by atoms with Gasteiger partial charge in [-0.1, -0.05) is 6.07 Å². The van der Waals surface area contributed by atoms with E-state index in [4.69, 9.17) is 9.47 Å². The predicted octanol–water partition coefficient (Wildman–Crippen LogP) is 2.89. The fraction of sp³-hybridized carbons (Fsp3) is 0.500. The van der Waals surface area contributed by atoms with Crippen molar-refractivity contribution in [2.24, 2.45) is 5.41 Å². The van der Waals surface area contributed by atoms with E-state index < -0.39 is 0 Å². The minimum atomic E-state index is -0.0701. The molecule has 1 amide bonds. The number of hydrogen-bond donors (Lipinski definition) is 0. The Kier molecular flexibility index (Phi) is 4.44. The first-order valence-electron chi connectivity index (χ1n) is 8.96. The van der Waals surface area contributed by atoms with Crippen molar-refractivity contribution in [2.45, 2.75) is 25.4 Å². The zero-order valence-corrected chi connectivity index (χ0v) is 14.6. The fourth-order valence-corrected chi connectivity index (χ4v) is 4.35. The Bertz CT molecular complexity index is 774. The molecular formula is C20H24N2O3. The van der Waals surface area contributed by atoms with E-state index in [9.17, 15) is 4.79 Å². The fourth-order valence-electron chi connectivity index (χ4n) is 4.35. The molecule has 0 aliphatic carbocycles. The van der Waals surface area contributed by atoms with Crippen LogP contribution < -0.4 is 0 Å². The van der Waals surface area contributed by atoms with E-state index in [0.29, 0.717) is 13.2 Å². The third-order valence-corrected chi connectivity index (χ3v) is 5.56. The first-order valence-corrected chi connectivity index (χ1v) is 8.96. The summed E-state index contributed by atoms with van der Waals surface area (Å²) in [6, 6.07) is 9.63. The SMILES string of the molecule is COC[C@@]12CCCO[C@H]1CCN(C(=O)c1ccc3ncccc3c1)C2. The lowest BCUT2D eigenvalue weighted by Gasteiger charge is -2.50. The van der Waals surface area contributed by atoms with E-state index in [-0.39, 0.29) is 17.4 Å². The van der Waals surface area contributed by atoms with Gasteiger partial charge in [0.05, 0.1) is 18.2 Å². The predicted molar refractivity (Wildman–Crippen MR) is 95.5 cm³/mol. The quantitative estimate of drug-likeness (QED) is 0.862. The van der Waals surface area contributed by atoms with Crippen LogP contribution >= 0.6 is 0 Å². The van der Waals surface area contributed by atoms with Crippen molar-refractivity contribution in [3.8, 4) is 0 Å². The smallest absolute Gasteiger partial charge is 0.253 e. The number of methoxy groups -OCH3 is 1. The molecule has 0 spiro atoms. The van der Waals surface area contributed by atoms with Gasteiger partial charge in [-0.3, -0.25) is 9.78 Å².